The minimum Gasteiger partial charge on any atom is -0.350 e. The molecule has 2 rings (SSSR count). The van der Waals surface area contributed by atoms with Gasteiger partial charge in [-0.05, 0) is 17.9 Å². The van der Waals surface area contributed by atoms with Crippen LogP contribution in [0.15, 0.2) is 49.1 Å². The molecule has 4 heteroatoms. The van der Waals surface area contributed by atoms with Gasteiger partial charge in [0, 0.05) is 18.9 Å². The third-order valence-electron chi connectivity index (χ3n) is 3.19. The number of benzene rings is 1. The number of carbonyl (C=O) groups is 1. The van der Waals surface area contributed by atoms with Gasteiger partial charge in [0.1, 0.15) is 6.04 Å². The summed E-state index contributed by atoms with van der Waals surface area (Å²) in [5.41, 5.74) is 1.11. The summed E-state index contributed by atoms with van der Waals surface area (Å²) in [5, 5.41) is 3.01. The number of amides is 1. The zero-order valence-electron chi connectivity index (χ0n) is 12.0. The smallest absolute Gasteiger partial charge is 0.243 e. The lowest BCUT2D eigenvalue weighted by Crippen LogP contribution is -2.32. The molecule has 4 nitrogen and oxygen atoms in total. The average Bonchev–Trinajstić information content (AvgIpc) is 2.97. The first-order chi connectivity index (χ1) is 9.66. The minimum atomic E-state index is -0.193. The fourth-order valence-corrected chi connectivity index (χ4v) is 2.17. The Hall–Kier alpha value is -2.10. The Bertz CT molecular complexity index is 520. The molecule has 0 saturated carbocycles. The van der Waals surface area contributed by atoms with Crippen LogP contribution in [0.4, 0.5) is 0 Å². The van der Waals surface area contributed by atoms with E-state index in [0.717, 1.165) is 12.0 Å². The molecular formula is C16H21N3O. The van der Waals surface area contributed by atoms with Gasteiger partial charge in [-0.25, -0.2) is 4.98 Å². The zero-order valence-corrected chi connectivity index (χ0v) is 12.0. The summed E-state index contributed by atoms with van der Waals surface area (Å²) in [6.07, 6.45) is 6.05. The van der Waals surface area contributed by atoms with Crippen molar-refractivity contribution in [2.45, 2.75) is 32.9 Å². The van der Waals surface area contributed by atoms with E-state index in [1.807, 2.05) is 41.1 Å². The van der Waals surface area contributed by atoms with Crippen molar-refractivity contribution in [2.75, 3.05) is 0 Å². The maximum atomic E-state index is 12.4. The van der Waals surface area contributed by atoms with Crippen molar-refractivity contribution < 1.29 is 4.79 Å². The molecule has 106 valence electrons. The number of hydrogen-bond donors (Lipinski definition) is 1. The molecule has 0 aliphatic carbocycles. The molecule has 0 spiro atoms. The third-order valence-corrected chi connectivity index (χ3v) is 3.19. The predicted molar refractivity (Wildman–Crippen MR) is 79.0 cm³/mol. The molecule has 1 N–H and O–H groups in total. The van der Waals surface area contributed by atoms with Gasteiger partial charge in [-0.15, -0.1) is 0 Å². The molecule has 0 saturated heterocycles. The van der Waals surface area contributed by atoms with Crippen LogP contribution in [0.3, 0.4) is 0 Å². The van der Waals surface area contributed by atoms with Crippen LogP contribution in [-0.4, -0.2) is 15.5 Å². The average molecular weight is 271 g/mol. The lowest BCUT2D eigenvalue weighted by molar-refractivity contribution is -0.125. The number of aromatic nitrogens is 2. The van der Waals surface area contributed by atoms with E-state index in [1.54, 1.807) is 12.5 Å². The molecule has 1 atom stereocenters. The van der Waals surface area contributed by atoms with Crippen molar-refractivity contribution in [1.82, 2.24) is 14.9 Å². The van der Waals surface area contributed by atoms with E-state index in [1.165, 1.54) is 0 Å². The number of carbonyl (C=O) groups excluding carboxylic acids is 1. The second kappa shape index (κ2) is 6.89. The first-order valence-electron chi connectivity index (χ1n) is 6.96. The van der Waals surface area contributed by atoms with Crippen LogP contribution in [0.5, 0.6) is 0 Å². The fourth-order valence-electron chi connectivity index (χ4n) is 2.17. The first-order valence-corrected chi connectivity index (χ1v) is 6.96. The van der Waals surface area contributed by atoms with Gasteiger partial charge in [-0.2, -0.15) is 0 Å². The summed E-state index contributed by atoms with van der Waals surface area (Å²) >= 11 is 0. The number of imidazole rings is 1. The van der Waals surface area contributed by atoms with Crippen molar-refractivity contribution >= 4 is 5.91 Å². The summed E-state index contributed by atoms with van der Waals surface area (Å²) in [4.78, 5) is 16.4. The van der Waals surface area contributed by atoms with Crippen LogP contribution in [0.25, 0.3) is 0 Å². The Morgan fingerprint density at radius 2 is 2.05 bits per heavy atom. The van der Waals surface area contributed by atoms with E-state index < -0.39 is 0 Å². The highest BCUT2D eigenvalue weighted by Gasteiger charge is 2.20. The van der Waals surface area contributed by atoms with Gasteiger partial charge < -0.3 is 9.88 Å². The molecule has 0 aliphatic rings. The third kappa shape index (κ3) is 3.95. The fraction of sp³-hybridized carbons (Fsp3) is 0.375. The van der Waals surface area contributed by atoms with Crippen LogP contribution in [0, 0.1) is 5.92 Å². The van der Waals surface area contributed by atoms with Crippen molar-refractivity contribution in [1.29, 1.82) is 0 Å². The monoisotopic (exact) mass is 271 g/mol. The Morgan fingerprint density at radius 3 is 2.65 bits per heavy atom. The Labute approximate surface area is 119 Å². The van der Waals surface area contributed by atoms with Gasteiger partial charge in [0.25, 0.3) is 0 Å². The van der Waals surface area contributed by atoms with Gasteiger partial charge in [0.15, 0.2) is 0 Å². The molecule has 1 heterocycles. The summed E-state index contributed by atoms with van der Waals surface area (Å²) in [6, 6.07) is 9.75. The Kier molecular flexibility index (Phi) is 4.93. The molecule has 0 unspecified atom stereocenters. The van der Waals surface area contributed by atoms with Crippen LogP contribution in [0.1, 0.15) is 31.9 Å². The zero-order chi connectivity index (χ0) is 14.4. The SMILES string of the molecule is CC(C)C[C@@H](C(=O)NCc1ccccc1)n1ccnc1. The van der Waals surface area contributed by atoms with Gasteiger partial charge >= 0.3 is 0 Å². The second-order valence-corrected chi connectivity index (χ2v) is 5.36. The van der Waals surface area contributed by atoms with E-state index >= 15 is 0 Å². The highest BCUT2D eigenvalue weighted by molar-refractivity contribution is 5.80. The maximum Gasteiger partial charge on any atom is 0.243 e. The van der Waals surface area contributed by atoms with Crippen molar-refractivity contribution in [3.63, 3.8) is 0 Å². The quantitative estimate of drug-likeness (QED) is 0.878. The number of nitrogens with one attached hydrogen (secondary N) is 1. The maximum absolute atomic E-state index is 12.4. The van der Waals surface area contributed by atoms with E-state index in [4.69, 9.17) is 0 Å². The summed E-state index contributed by atoms with van der Waals surface area (Å²) in [7, 11) is 0. The van der Waals surface area contributed by atoms with Crippen molar-refractivity contribution in [3.8, 4) is 0 Å². The largest absolute Gasteiger partial charge is 0.350 e. The van der Waals surface area contributed by atoms with Gasteiger partial charge in [0.2, 0.25) is 5.91 Å². The normalized spacial score (nSPS) is 12.3. The van der Waals surface area contributed by atoms with Gasteiger partial charge in [-0.1, -0.05) is 44.2 Å². The standard InChI is InChI=1S/C16H21N3O/c1-13(2)10-15(19-9-8-17-12-19)16(20)18-11-14-6-4-3-5-7-14/h3-9,12-13,15H,10-11H2,1-2H3,(H,18,20)/t15-/m0/s1. The molecule has 0 radical (unpaired) electrons. The summed E-state index contributed by atoms with van der Waals surface area (Å²) in [6.45, 7) is 4.80. The van der Waals surface area contributed by atoms with Gasteiger partial charge in [-0.3, -0.25) is 4.79 Å². The molecule has 0 aliphatic heterocycles. The van der Waals surface area contributed by atoms with E-state index in [9.17, 15) is 4.79 Å². The van der Waals surface area contributed by atoms with Crippen LogP contribution in [0.2, 0.25) is 0 Å². The Balaban J connectivity index is 2.00. The van der Waals surface area contributed by atoms with E-state index in [-0.39, 0.29) is 11.9 Å². The lowest BCUT2D eigenvalue weighted by Gasteiger charge is -2.20. The molecule has 1 aromatic heterocycles. The van der Waals surface area contributed by atoms with E-state index in [2.05, 4.69) is 24.1 Å². The van der Waals surface area contributed by atoms with Crippen molar-refractivity contribution in [2.24, 2.45) is 5.92 Å². The highest BCUT2D eigenvalue weighted by atomic mass is 16.2. The lowest BCUT2D eigenvalue weighted by atomic mass is 10.0. The number of hydrogen-bond acceptors (Lipinski definition) is 2. The molecule has 0 bridgehead atoms. The summed E-state index contributed by atoms with van der Waals surface area (Å²) in [5.74, 6) is 0.491. The van der Waals surface area contributed by atoms with Crippen molar-refractivity contribution in [3.05, 3.63) is 54.6 Å². The molecule has 1 amide bonds. The molecular weight excluding hydrogens is 250 g/mol. The molecule has 20 heavy (non-hydrogen) atoms. The molecule has 2 aromatic rings. The predicted octanol–water partition coefficient (Wildman–Crippen LogP) is 2.79. The van der Waals surface area contributed by atoms with E-state index in [0.29, 0.717) is 12.5 Å². The highest BCUT2D eigenvalue weighted by Crippen LogP contribution is 2.17. The summed E-state index contributed by atoms with van der Waals surface area (Å²) < 4.78 is 1.88. The topological polar surface area (TPSA) is 46.9 Å². The Morgan fingerprint density at radius 1 is 1.30 bits per heavy atom. The number of nitrogens with zero attached hydrogens (tertiary/aromatic N) is 2. The van der Waals surface area contributed by atoms with Crippen LogP contribution in [-0.2, 0) is 11.3 Å². The van der Waals surface area contributed by atoms with Crippen LogP contribution >= 0.6 is 0 Å². The molecule has 1 aromatic carbocycles. The first kappa shape index (κ1) is 14.3. The minimum absolute atomic E-state index is 0.0422. The second-order valence-electron chi connectivity index (χ2n) is 5.36. The molecule has 0 fully saturated rings. The number of rotatable bonds is 6. The van der Waals surface area contributed by atoms with Gasteiger partial charge in [0.05, 0.1) is 6.33 Å². The van der Waals surface area contributed by atoms with Crippen LogP contribution < -0.4 is 5.32 Å².